The number of aromatic nitrogens is 1. The molecule has 2 N–H and O–H groups in total. The van der Waals surface area contributed by atoms with Crippen LogP contribution in [0, 0.1) is 0 Å². The minimum absolute atomic E-state index is 0.358. The molecule has 1 fully saturated rings. The van der Waals surface area contributed by atoms with Crippen LogP contribution >= 0.6 is 0 Å². The Bertz CT molecular complexity index is 324. The summed E-state index contributed by atoms with van der Waals surface area (Å²) < 4.78 is 10.9. The van der Waals surface area contributed by atoms with Crippen LogP contribution in [0.15, 0.2) is 12.3 Å². The van der Waals surface area contributed by atoms with Crippen molar-refractivity contribution >= 4 is 0 Å². The summed E-state index contributed by atoms with van der Waals surface area (Å²) in [4.78, 5) is 4.13. The van der Waals surface area contributed by atoms with Crippen molar-refractivity contribution in [2.24, 2.45) is 5.73 Å². The predicted molar refractivity (Wildman–Crippen MR) is 52.3 cm³/mol. The van der Waals surface area contributed by atoms with E-state index < -0.39 is 0 Å². The molecule has 0 unspecified atom stereocenters. The summed E-state index contributed by atoms with van der Waals surface area (Å²) in [5.41, 5.74) is 6.28. The molecule has 2 rings (SSSR count). The van der Waals surface area contributed by atoms with Crippen molar-refractivity contribution in [2.45, 2.75) is 25.5 Å². The molecule has 0 spiro atoms. The molecule has 1 saturated carbocycles. The fourth-order valence-corrected chi connectivity index (χ4v) is 1.29. The van der Waals surface area contributed by atoms with Gasteiger partial charge in [0.25, 0.3) is 0 Å². The second-order valence-electron chi connectivity index (χ2n) is 3.31. The van der Waals surface area contributed by atoms with Crippen molar-refractivity contribution in [1.29, 1.82) is 0 Å². The highest BCUT2D eigenvalue weighted by molar-refractivity contribution is 5.42. The highest BCUT2D eigenvalue weighted by Gasteiger charge is 2.25. The lowest BCUT2D eigenvalue weighted by atomic mass is 10.3. The zero-order chi connectivity index (χ0) is 9.97. The van der Waals surface area contributed by atoms with Crippen molar-refractivity contribution in [2.75, 3.05) is 7.11 Å². The van der Waals surface area contributed by atoms with Crippen LogP contribution in [0.5, 0.6) is 11.5 Å². The van der Waals surface area contributed by atoms with Gasteiger partial charge in [-0.25, -0.2) is 0 Å². The van der Waals surface area contributed by atoms with Crippen LogP contribution in [0.2, 0.25) is 0 Å². The van der Waals surface area contributed by atoms with Crippen molar-refractivity contribution in [3.05, 3.63) is 18.0 Å². The van der Waals surface area contributed by atoms with Gasteiger partial charge in [0.15, 0.2) is 11.5 Å². The molecule has 1 heterocycles. The van der Waals surface area contributed by atoms with Gasteiger partial charge in [-0.05, 0) is 12.8 Å². The average molecular weight is 194 g/mol. The first-order valence-corrected chi connectivity index (χ1v) is 4.73. The molecule has 1 aromatic heterocycles. The van der Waals surface area contributed by atoms with Crippen LogP contribution in [-0.4, -0.2) is 18.2 Å². The number of nitrogens with zero attached hydrogens (tertiary/aromatic N) is 1. The predicted octanol–water partition coefficient (Wildman–Crippen LogP) is 1.09. The first-order chi connectivity index (χ1) is 6.85. The average Bonchev–Trinajstić information content (AvgIpc) is 3.01. The maximum Gasteiger partial charge on any atom is 0.183 e. The number of methoxy groups -OCH3 is 1. The Hall–Kier alpha value is -1.29. The first kappa shape index (κ1) is 9.27. The van der Waals surface area contributed by atoms with Crippen molar-refractivity contribution in [3.63, 3.8) is 0 Å². The Labute approximate surface area is 83.0 Å². The lowest BCUT2D eigenvalue weighted by Crippen LogP contribution is -2.05. The third-order valence-electron chi connectivity index (χ3n) is 2.16. The largest absolute Gasteiger partial charge is 0.491 e. The van der Waals surface area contributed by atoms with Crippen LogP contribution in [0.3, 0.4) is 0 Å². The van der Waals surface area contributed by atoms with Gasteiger partial charge in [-0.2, -0.15) is 0 Å². The second kappa shape index (κ2) is 3.84. The van der Waals surface area contributed by atoms with E-state index >= 15 is 0 Å². The molecular weight excluding hydrogens is 180 g/mol. The molecule has 0 atom stereocenters. The topological polar surface area (TPSA) is 57.4 Å². The van der Waals surface area contributed by atoms with Gasteiger partial charge in [-0.15, -0.1) is 0 Å². The van der Waals surface area contributed by atoms with Gasteiger partial charge < -0.3 is 15.2 Å². The van der Waals surface area contributed by atoms with Gasteiger partial charge >= 0.3 is 0 Å². The molecule has 4 nitrogen and oxygen atoms in total. The highest BCUT2D eigenvalue weighted by Crippen LogP contribution is 2.34. The second-order valence-corrected chi connectivity index (χ2v) is 3.31. The molecule has 14 heavy (non-hydrogen) atoms. The van der Waals surface area contributed by atoms with E-state index in [0.717, 1.165) is 24.3 Å². The Morgan fingerprint density at radius 2 is 2.36 bits per heavy atom. The maximum absolute atomic E-state index is 5.67. The van der Waals surface area contributed by atoms with Crippen molar-refractivity contribution < 1.29 is 9.47 Å². The van der Waals surface area contributed by atoms with Crippen molar-refractivity contribution in [3.8, 4) is 11.5 Å². The Kier molecular flexibility index (Phi) is 2.54. The third kappa shape index (κ3) is 1.80. The minimum Gasteiger partial charge on any atom is -0.491 e. The molecule has 4 heteroatoms. The number of hydrogen-bond acceptors (Lipinski definition) is 4. The number of nitrogens with two attached hydrogens (primary N) is 1. The fourth-order valence-electron chi connectivity index (χ4n) is 1.29. The molecule has 0 aromatic carbocycles. The summed E-state index contributed by atoms with van der Waals surface area (Å²) in [6.45, 7) is 0.366. The van der Waals surface area contributed by atoms with Crippen LogP contribution in [0.25, 0.3) is 0 Å². The van der Waals surface area contributed by atoms with E-state index in [1.807, 2.05) is 6.07 Å². The van der Waals surface area contributed by atoms with Crippen molar-refractivity contribution in [1.82, 2.24) is 4.98 Å². The monoisotopic (exact) mass is 194 g/mol. The molecule has 0 bridgehead atoms. The van der Waals surface area contributed by atoms with Gasteiger partial charge in [0.05, 0.1) is 18.9 Å². The van der Waals surface area contributed by atoms with Crippen LogP contribution in [0.4, 0.5) is 0 Å². The van der Waals surface area contributed by atoms with E-state index in [2.05, 4.69) is 4.98 Å². The minimum atomic E-state index is 0.358. The quantitative estimate of drug-likeness (QED) is 0.779. The van der Waals surface area contributed by atoms with Crippen LogP contribution in [0.1, 0.15) is 18.5 Å². The first-order valence-electron chi connectivity index (χ1n) is 4.73. The van der Waals surface area contributed by atoms with Gasteiger partial charge in [-0.1, -0.05) is 0 Å². The summed E-state index contributed by atoms with van der Waals surface area (Å²) in [6.07, 6.45) is 4.31. The molecule has 1 aliphatic rings. The molecule has 0 saturated heterocycles. The lowest BCUT2D eigenvalue weighted by Gasteiger charge is -2.11. The van der Waals surface area contributed by atoms with Crippen LogP contribution < -0.4 is 15.2 Å². The Balaban J connectivity index is 2.26. The summed E-state index contributed by atoms with van der Waals surface area (Å²) in [5, 5.41) is 0. The van der Waals surface area contributed by atoms with E-state index in [1.54, 1.807) is 13.3 Å². The highest BCUT2D eigenvalue weighted by atomic mass is 16.5. The Morgan fingerprint density at radius 3 is 2.93 bits per heavy atom. The Morgan fingerprint density at radius 1 is 1.57 bits per heavy atom. The number of rotatable bonds is 4. The number of hydrogen-bond donors (Lipinski definition) is 1. The maximum atomic E-state index is 5.67. The van der Waals surface area contributed by atoms with E-state index in [0.29, 0.717) is 18.4 Å². The SMILES string of the molecule is COc1c(OC2CC2)ccnc1CN. The van der Waals surface area contributed by atoms with Gasteiger partial charge in [0.2, 0.25) is 0 Å². The summed E-state index contributed by atoms with van der Waals surface area (Å²) in [5.74, 6) is 1.42. The molecular formula is C10H14N2O2. The standard InChI is InChI=1S/C10H14N2O2/c1-13-10-8(6-11)12-5-4-9(10)14-7-2-3-7/h4-5,7H,2-3,6,11H2,1H3. The van der Waals surface area contributed by atoms with Gasteiger partial charge in [0.1, 0.15) is 0 Å². The summed E-state index contributed by atoms with van der Waals surface area (Å²) in [7, 11) is 1.61. The molecule has 0 radical (unpaired) electrons. The summed E-state index contributed by atoms with van der Waals surface area (Å²) >= 11 is 0. The molecule has 76 valence electrons. The smallest absolute Gasteiger partial charge is 0.183 e. The molecule has 1 aromatic rings. The normalized spacial score (nSPS) is 15.3. The fraction of sp³-hybridized carbons (Fsp3) is 0.500. The lowest BCUT2D eigenvalue weighted by molar-refractivity contribution is 0.280. The van der Waals surface area contributed by atoms with E-state index in [-0.39, 0.29) is 0 Å². The molecule has 1 aliphatic carbocycles. The number of pyridine rings is 1. The molecule has 0 amide bonds. The van der Waals surface area contributed by atoms with E-state index in [1.165, 1.54) is 0 Å². The molecule has 0 aliphatic heterocycles. The number of ether oxygens (including phenoxy) is 2. The van der Waals surface area contributed by atoms with Gasteiger partial charge in [-0.3, -0.25) is 4.98 Å². The third-order valence-corrected chi connectivity index (χ3v) is 2.16. The van der Waals surface area contributed by atoms with Gasteiger partial charge in [0, 0.05) is 18.8 Å². The zero-order valence-corrected chi connectivity index (χ0v) is 8.19. The van der Waals surface area contributed by atoms with Crippen LogP contribution in [-0.2, 0) is 6.54 Å². The summed E-state index contributed by atoms with van der Waals surface area (Å²) in [6, 6.07) is 1.82. The zero-order valence-electron chi connectivity index (χ0n) is 8.19. The van der Waals surface area contributed by atoms with E-state index in [9.17, 15) is 0 Å². The van der Waals surface area contributed by atoms with E-state index in [4.69, 9.17) is 15.2 Å².